The van der Waals surface area contributed by atoms with E-state index in [0.29, 0.717) is 78.9 Å². The third-order valence-corrected chi connectivity index (χ3v) is 14.6. The van der Waals surface area contributed by atoms with Crippen molar-refractivity contribution in [3.05, 3.63) is 246 Å². The van der Waals surface area contributed by atoms with Crippen LogP contribution in [-0.4, -0.2) is 24.1 Å². The molecule has 80 heavy (non-hydrogen) atoms. The molecule has 3 aromatic heterocycles. The van der Waals surface area contributed by atoms with E-state index in [9.17, 15) is 21.0 Å². The Bertz CT molecular complexity index is 4820. The second kappa shape index (κ2) is 19.3. The van der Waals surface area contributed by atoms with Crippen molar-refractivity contribution in [1.29, 1.82) is 21.0 Å². The van der Waals surface area contributed by atoms with Crippen LogP contribution in [0.25, 0.3) is 123 Å². The highest BCUT2D eigenvalue weighted by Gasteiger charge is 2.33. The van der Waals surface area contributed by atoms with Crippen molar-refractivity contribution in [2.75, 3.05) is 0 Å². The van der Waals surface area contributed by atoms with Gasteiger partial charge < -0.3 is 9.13 Å². The number of halogens is 3. The molecule has 0 radical (unpaired) electrons. The van der Waals surface area contributed by atoms with E-state index in [1.807, 2.05) is 168 Å². The number of hydrogen-bond donors (Lipinski definition) is 0. The van der Waals surface area contributed by atoms with Crippen LogP contribution in [-0.2, 0) is 6.18 Å². The number of fused-ring (bicyclic) bond motifs is 6. The first kappa shape index (κ1) is 48.2. The molecule has 374 valence electrons. The average molecular weight is 1040 g/mol. The summed E-state index contributed by atoms with van der Waals surface area (Å²) in [7, 11) is 0. The van der Waals surface area contributed by atoms with Gasteiger partial charge in [0.1, 0.15) is 0 Å². The van der Waals surface area contributed by atoms with Gasteiger partial charge in [-0.3, -0.25) is 0 Å². The second-order valence-electron chi connectivity index (χ2n) is 19.1. The highest BCUT2D eigenvalue weighted by molar-refractivity contribution is 6.13. The number of nitrogens with zero attached hydrogens (tertiary/aromatic N) is 9. The molecule has 0 unspecified atom stereocenters. The minimum absolute atomic E-state index is 0.274. The summed E-state index contributed by atoms with van der Waals surface area (Å²) in [5, 5.41) is 43.0. The van der Waals surface area contributed by atoms with E-state index in [1.165, 1.54) is 12.1 Å². The van der Waals surface area contributed by atoms with E-state index in [2.05, 4.69) is 28.8 Å². The lowest BCUT2D eigenvalue weighted by Crippen LogP contribution is -2.08. The lowest BCUT2D eigenvalue weighted by Gasteiger charge is -2.21. The molecule has 0 saturated heterocycles. The predicted octanol–water partition coefficient (Wildman–Crippen LogP) is 16.6. The minimum Gasteiger partial charge on any atom is -0.309 e. The Labute approximate surface area is 455 Å². The van der Waals surface area contributed by atoms with Crippen LogP contribution < -0.4 is 0 Å². The van der Waals surface area contributed by atoms with E-state index >= 15 is 13.2 Å². The van der Waals surface area contributed by atoms with Crippen molar-refractivity contribution < 1.29 is 13.2 Å². The molecule has 9 nitrogen and oxygen atoms in total. The van der Waals surface area contributed by atoms with Crippen LogP contribution in [0.2, 0.25) is 0 Å². The fraction of sp³-hybridized carbons (Fsp3) is 0.0147. The fourth-order valence-corrected chi connectivity index (χ4v) is 10.9. The highest BCUT2D eigenvalue weighted by Crippen LogP contribution is 2.45. The maximum Gasteiger partial charge on any atom is 0.416 e. The van der Waals surface area contributed by atoms with E-state index in [0.717, 1.165) is 66.4 Å². The van der Waals surface area contributed by atoms with Crippen molar-refractivity contribution in [2.24, 2.45) is 0 Å². The number of benzene rings is 10. The van der Waals surface area contributed by atoms with Gasteiger partial charge in [0.25, 0.3) is 0 Å². The SMILES string of the molecule is N#Cc1ccc(-c2ccc3c(c2)c2ccccc2n3-c2ccc(C(F)(F)F)cc2-c2ccc(-c3nc(-c4ccccc4)nc(-c4ccccc4)n3)cc2-n2c3ccccc3c3cc(-c4ccc(C#N)cc4C#N)ccc32)c(C#N)c1. The number of aromatic nitrogens is 5. The smallest absolute Gasteiger partial charge is 0.309 e. The third kappa shape index (κ3) is 8.22. The molecule has 0 bridgehead atoms. The van der Waals surface area contributed by atoms with Gasteiger partial charge in [-0.2, -0.15) is 34.2 Å². The number of nitriles is 4. The van der Waals surface area contributed by atoms with Crippen LogP contribution in [0, 0.1) is 45.3 Å². The van der Waals surface area contributed by atoms with Gasteiger partial charge in [-0.1, -0.05) is 133 Å². The van der Waals surface area contributed by atoms with Gasteiger partial charge in [-0.15, -0.1) is 0 Å². The number of rotatable bonds is 8. The Morgan fingerprint density at radius 1 is 0.325 bits per heavy atom. The second-order valence-corrected chi connectivity index (χ2v) is 19.1. The lowest BCUT2D eigenvalue weighted by atomic mass is 9.96. The van der Waals surface area contributed by atoms with Crippen LogP contribution >= 0.6 is 0 Å². The van der Waals surface area contributed by atoms with E-state index < -0.39 is 11.7 Å². The zero-order chi connectivity index (χ0) is 54.6. The van der Waals surface area contributed by atoms with Gasteiger partial charge >= 0.3 is 6.18 Å². The zero-order valence-electron chi connectivity index (χ0n) is 41.9. The summed E-state index contributed by atoms with van der Waals surface area (Å²) in [4.78, 5) is 15.1. The predicted molar refractivity (Wildman–Crippen MR) is 305 cm³/mol. The highest BCUT2D eigenvalue weighted by atomic mass is 19.4. The standard InChI is InChI=1S/C68H36F3N9/c69-68(70,71)50-24-30-63(79-59-17-9-7-15-53(59)56-33-45(22-28-61(56)79)51-25-19-41(37-72)31-48(51)39-74)58(36-50)55-27-21-47(67-77-65(43-11-3-1-4-12-43)76-66(78-67)44-13-5-2-6-14-44)35-64(55)80-60-18-10-8-16-54(60)57-34-46(23-29-62(57)80)52-26-20-42(38-73)32-49(52)40-75/h1-36H. The molecule has 0 aliphatic rings. The molecule has 0 spiro atoms. The Hall–Kier alpha value is -11.4. The van der Waals surface area contributed by atoms with Gasteiger partial charge in [0.15, 0.2) is 17.5 Å². The van der Waals surface area contributed by atoms with Crippen molar-refractivity contribution >= 4 is 43.6 Å². The Morgan fingerprint density at radius 2 is 0.762 bits per heavy atom. The van der Waals surface area contributed by atoms with E-state index in [1.54, 1.807) is 36.4 Å². The van der Waals surface area contributed by atoms with Crippen LogP contribution in [0.1, 0.15) is 27.8 Å². The first-order valence-corrected chi connectivity index (χ1v) is 25.3. The molecular formula is C68H36F3N9. The Morgan fingerprint density at radius 3 is 1.25 bits per heavy atom. The monoisotopic (exact) mass is 1040 g/mol. The average Bonchev–Trinajstić information content (AvgIpc) is 4.10. The molecule has 13 aromatic rings. The molecule has 13 rings (SSSR count). The molecule has 0 aliphatic heterocycles. The largest absolute Gasteiger partial charge is 0.416 e. The summed E-state index contributed by atoms with van der Waals surface area (Å²) >= 11 is 0. The fourth-order valence-electron chi connectivity index (χ4n) is 10.9. The summed E-state index contributed by atoms with van der Waals surface area (Å²) in [5.41, 5.74) is 10.0. The van der Waals surface area contributed by atoms with Gasteiger partial charge in [0, 0.05) is 49.4 Å². The molecular weight excluding hydrogens is 1000 g/mol. The van der Waals surface area contributed by atoms with Gasteiger partial charge in [-0.05, 0) is 107 Å². The molecule has 0 N–H and O–H groups in total. The molecule has 0 fully saturated rings. The minimum atomic E-state index is -4.73. The van der Waals surface area contributed by atoms with Crippen molar-refractivity contribution in [1.82, 2.24) is 24.1 Å². The van der Waals surface area contributed by atoms with Crippen LogP contribution in [0.3, 0.4) is 0 Å². The number of para-hydroxylation sites is 2. The van der Waals surface area contributed by atoms with Crippen LogP contribution in [0.15, 0.2) is 218 Å². The summed E-state index contributed by atoms with van der Waals surface area (Å²) in [6.45, 7) is 0. The van der Waals surface area contributed by atoms with Crippen molar-refractivity contribution in [3.8, 4) is 103 Å². The molecule has 0 amide bonds. The normalized spacial score (nSPS) is 11.4. The molecule has 10 aromatic carbocycles. The quantitative estimate of drug-likeness (QED) is 0.147. The third-order valence-electron chi connectivity index (χ3n) is 14.6. The van der Waals surface area contributed by atoms with Gasteiger partial charge in [-0.25, -0.2) is 15.0 Å². The summed E-state index contributed by atoms with van der Waals surface area (Å²) in [6, 6.07) is 74.5. The first-order valence-electron chi connectivity index (χ1n) is 25.3. The maximum absolute atomic E-state index is 15.4. The zero-order valence-corrected chi connectivity index (χ0v) is 41.9. The molecule has 0 atom stereocenters. The Kier molecular flexibility index (Phi) is 11.6. The summed E-state index contributed by atoms with van der Waals surface area (Å²) in [6.07, 6.45) is -4.73. The van der Waals surface area contributed by atoms with Crippen molar-refractivity contribution in [3.63, 3.8) is 0 Å². The Balaban J connectivity index is 1.11. The van der Waals surface area contributed by atoms with E-state index in [4.69, 9.17) is 15.0 Å². The molecule has 12 heteroatoms. The van der Waals surface area contributed by atoms with Gasteiger partial charge in [0.2, 0.25) is 0 Å². The summed E-state index contributed by atoms with van der Waals surface area (Å²) < 4.78 is 50.2. The molecule has 3 heterocycles. The van der Waals surface area contributed by atoms with Crippen molar-refractivity contribution in [2.45, 2.75) is 6.18 Å². The number of alkyl halides is 3. The lowest BCUT2D eigenvalue weighted by molar-refractivity contribution is -0.137. The first-order chi connectivity index (χ1) is 39.1. The molecule has 0 aliphatic carbocycles. The van der Waals surface area contributed by atoms with E-state index in [-0.39, 0.29) is 5.56 Å². The topological polar surface area (TPSA) is 144 Å². The summed E-state index contributed by atoms with van der Waals surface area (Å²) in [5.74, 6) is 1.20. The molecule has 0 saturated carbocycles. The van der Waals surface area contributed by atoms with Crippen LogP contribution in [0.4, 0.5) is 13.2 Å². The number of hydrogen-bond acceptors (Lipinski definition) is 7. The van der Waals surface area contributed by atoms with Gasteiger partial charge in [0.05, 0.1) is 85.5 Å². The van der Waals surface area contributed by atoms with Crippen LogP contribution in [0.5, 0.6) is 0 Å². The maximum atomic E-state index is 15.4.